The predicted octanol–water partition coefficient (Wildman–Crippen LogP) is 0.432. The molecule has 0 saturated carbocycles. The Morgan fingerprint density at radius 1 is 1.60 bits per heavy atom. The quantitative estimate of drug-likeness (QED) is 0.676. The van der Waals surface area contributed by atoms with Crippen LogP contribution in [-0.2, 0) is 9.59 Å². The first-order valence-electron chi connectivity index (χ1n) is 5.05. The van der Waals surface area contributed by atoms with Gasteiger partial charge < -0.3 is 10.2 Å². The van der Waals surface area contributed by atoms with Gasteiger partial charge in [-0.25, -0.2) is 0 Å². The fourth-order valence-corrected chi connectivity index (χ4v) is 1.89. The maximum atomic E-state index is 11.5. The van der Waals surface area contributed by atoms with Gasteiger partial charge in [0.15, 0.2) is 0 Å². The summed E-state index contributed by atoms with van der Waals surface area (Å²) in [7, 11) is 0. The van der Waals surface area contributed by atoms with E-state index in [1.165, 1.54) is 0 Å². The molecule has 5 heteroatoms. The summed E-state index contributed by atoms with van der Waals surface area (Å²) >= 11 is 4.23. The molecule has 1 rings (SSSR count). The Balaban J connectivity index is 2.42. The van der Waals surface area contributed by atoms with E-state index in [0.29, 0.717) is 13.0 Å². The molecular weight excluding hydrogens is 212 g/mol. The van der Waals surface area contributed by atoms with Gasteiger partial charge in [-0.2, -0.15) is 12.6 Å². The molecule has 0 aromatic rings. The van der Waals surface area contributed by atoms with E-state index < -0.39 is 0 Å². The topological polar surface area (TPSA) is 49.4 Å². The van der Waals surface area contributed by atoms with Crippen LogP contribution in [0.1, 0.15) is 27.2 Å². The predicted molar refractivity (Wildman–Crippen MR) is 61.9 cm³/mol. The summed E-state index contributed by atoms with van der Waals surface area (Å²) in [5, 5.41) is 2.89. The highest BCUT2D eigenvalue weighted by molar-refractivity contribution is 7.81. The van der Waals surface area contributed by atoms with Crippen molar-refractivity contribution < 1.29 is 9.59 Å². The van der Waals surface area contributed by atoms with E-state index in [1.807, 2.05) is 20.8 Å². The zero-order valence-corrected chi connectivity index (χ0v) is 10.3. The molecule has 1 aliphatic heterocycles. The van der Waals surface area contributed by atoms with Gasteiger partial charge in [-0.1, -0.05) is 0 Å². The normalized spacial score (nSPS) is 22.0. The van der Waals surface area contributed by atoms with Crippen molar-refractivity contribution in [3.8, 4) is 0 Å². The van der Waals surface area contributed by atoms with Crippen molar-refractivity contribution in [3.05, 3.63) is 0 Å². The number of thiol groups is 1. The minimum atomic E-state index is -0.250. The fourth-order valence-electron chi connectivity index (χ4n) is 1.54. The molecule has 0 aromatic heterocycles. The van der Waals surface area contributed by atoms with E-state index in [9.17, 15) is 9.59 Å². The van der Waals surface area contributed by atoms with Gasteiger partial charge in [-0.15, -0.1) is 0 Å². The van der Waals surface area contributed by atoms with Gasteiger partial charge in [0.1, 0.15) is 0 Å². The van der Waals surface area contributed by atoms with E-state index >= 15 is 0 Å². The van der Waals surface area contributed by atoms with Gasteiger partial charge in [0, 0.05) is 23.8 Å². The molecule has 0 aromatic carbocycles. The minimum Gasteiger partial charge on any atom is -0.350 e. The van der Waals surface area contributed by atoms with Gasteiger partial charge in [-0.3, -0.25) is 9.59 Å². The highest BCUT2D eigenvalue weighted by Crippen LogP contribution is 2.15. The smallest absolute Gasteiger partial charge is 0.240 e. The lowest BCUT2D eigenvalue weighted by molar-refractivity contribution is -0.133. The van der Waals surface area contributed by atoms with Gasteiger partial charge in [0.2, 0.25) is 11.8 Å². The van der Waals surface area contributed by atoms with Crippen molar-refractivity contribution in [1.82, 2.24) is 10.2 Å². The third kappa shape index (κ3) is 4.11. The van der Waals surface area contributed by atoms with Gasteiger partial charge >= 0.3 is 0 Å². The molecule has 86 valence electrons. The van der Waals surface area contributed by atoms with E-state index in [4.69, 9.17) is 0 Å². The number of amides is 2. The zero-order chi connectivity index (χ0) is 11.6. The lowest BCUT2D eigenvalue weighted by atomic mass is 10.1. The highest BCUT2D eigenvalue weighted by Gasteiger charge is 2.29. The number of likely N-dealkylation sites (tertiary alicyclic amines) is 1. The van der Waals surface area contributed by atoms with Crippen LogP contribution in [0.3, 0.4) is 0 Å². The van der Waals surface area contributed by atoms with Crippen LogP contribution in [0.15, 0.2) is 0 Å². The molecule has 1 fully saturated rings. The third-order valence-electron chi connectivity index (χ3n) is 2.04. The van der Waals surface area contributed by atoms with E-state index in [0.717, 1.165) is 0 Å². The fraction of sp³-hybridized carbons (Fsp3) is 0.800. The number of carbonyl (C=O) groups is 2. The molecular formula is C10H18N2O2S. The molecule has 4 nitrogen and oxygen atoms in total. The maximum Gasteiger partial charge on any atom is 0.240 e. The summed E-state index contributed by atoms with van der Waals surface area (Å²) in [5.41, 5.74) is -0.250. The Bertz CT molecular complexity index is 273. The number of hydrogen-bond donors (Lipinski definition) is 2. The summed E-state index contributed by atoms with van der Waals surface area (Å²) in [6, 6.07) is 0. The minimum absolute atomic E-state index is 0.0130. The molecule has 1 atom stereocenters. The molecule has 2 amide bonds. The molecule has 1 unspecified atom stereocenters. The summed E-state index contributed by atoms with van der Waals surface area (Å²) in [6.45, 7) is 6.46. The third-order valence-corrected chi connectivity index (χ3v) is 2.39. The first-order valence-corrected chi connectivity index (χ1v) is 5.56. The SMILES string of the molecule is CC(C)(C)NC(=O)CN1CC(S)CC1=O. The molecule has 0 aliphatic carbocycles. The van der Waals surface area contributed by atoms with Crippen LogP contribution in [-0.4, -0.2) is 40.6 Å². The Morgan fingerprint density at radius 2 is 2.20 bits per heavy atom. The second-order valence-corrected chi connectivity index (χ2v) is 5.66. The Kier molecular flexibility index (Phi) is 3.65. The number of hydrogen-bond acceptors (Lipinski definition) is 3. The number of nitrogens with zero attached hydrogens (tertiary/aromatic N) is 1. The molecule has 0 radical (unpaired) electrons. The first kappa shape index (κ1) is 12.4. The van der Waals surface area contributed by atoms with Crippen molar-refractivity contribution in [3.63, 3.8) is 0 Å². The Morgan fingerprint density at radius 3 is 2.60 bits per heavy atom. The van der Waals surface area contributed by atoms with Crippen LogP contribution >= 0.6 is 12.6 Å². The first-order chi connectivity index (χ1) is 6.78. The van der Waals surface area contributed by atoms with Crippen LogP contribution in [0.5, 0.6) is 0 Å². The average molecular weight is 230 g/mol. The lowest BCUT2D eigenvalue weighted by Gasteiger charge is -2.23. The van der Waals surface area contributed by atoms with Gasteiger partial charge in [0.05, 0.1) is 6.54 Å². The van der Waals surface area contributed by atoms with Crippen LogP contribution in [0.2, 0.25) is 0 Å². The monoisotopic (exact) mass is 230 g/mol. The van der Waals surface area contributed by atoms with Crippen LogP contribution in [0.4, 0.5) is 0 Å². The number of nitrogens with one attached hydrogen (secondary N) is 1. The van der Waals surface area contributed by atoms with Crippen molar-refractivity contribution >= 4 is 24.4 Å². The van der Waals surface area contributed by atoms with E-state index in [2.05, 4.69) is 17.9 Å². The van der Waals surface area contributed by atoms with Crippen molar-refractivity contribution in [1.29, 1.82) is 0 Å². The van der Waals surface area contributed by atoms with Crippen molar-refractivity contribution in [2.75, 3.05) is 13.1 Å². The molecule has 1 N–H and O–H groups in total. The molecule has 0 bridgehead atoms. The van der Waals surface area contributed by atoms with Crippen molar-refractivity contribution in [2.24, 2.45) is 0 Å². The van der Waals surface area contributed by atoms with Crippen LogP contribution in [0.25, 0.3) is 0 Å². The lowest BCUT2D eigenvalue weighted by Crippen LogP contribution is -2.46. The van der Waals surface area contributed by atoms with Crippen molar-refractivity contribution in [2.45, 2.75) is 38.0 Å². The summed E-state index contributed by atoms with van der Waals surface area (Å²) < 4.78 is 0. The van der Waals surface area contributed by atoms with Crippen LogP contribution in [0, 0.1) is 0 Å². The molecule has 1 aliphatic rings. The number of rotatable bonds is 2. The molecule has 15 heavy (non-hydrogen) atoms. The largest absolute Gasteiger partial charge is 0.350 e. The Hall–Kier alpha value is -0.710. The van der Waals surface area contributed by atoms with E-state index in [1.54, 1.807) is 4.90 Å². The summed E-state index contributed by atoms with van der Waals surface area (Å²) in [4.78, 5) is 24.5. The Labute approximate surface area is 95.8 Å². The molecule has 1 heterocycles. The summed E-state index contributed by atoms with van der Waals surface area (Å²) in [6.07, 6.45) is 0.436. The van der Waals surface area contributed by atoms with Gasteiger partial charge in [-0.05, 0) is 20.8 Å². The zero-order valence-electron chi connectivity index (χ0n) is 9.41. The highest BCUT2D eigenvalue weighted by atomic mass is 32.1. The van der Waals surface area contributed by atoms with Crippen LogP contribution < -0.4 is 5.32 Å². The van der Waals surface area contributed by atoms with E-state index in [-0.39, 0.29) is 29.1 Å². The average Bonchev–Trinajstić information content (AvgIpc) is 2.25. The molecule has 1 saturated heterocycles. The van der Waals surface area contributed by atoms with Gasteiger partial charge in [0.25, 0.3) is 0 Å². The molecule has 0 spiro atoms. The standard InChI is InChI=1S/C10H18N2O2S/c1-10(2,3)11-8(13)6-12-5-7(15)4-9(12)14/h7,15H,4-6H2,1-3H3,(H,11,13). The second-order valence-electron chi connectivity index (χ2n) is 4.93. The number of carbonyl (C=O) groups excluding carboxylic acids is 2. The second kappa shape index (κ2) is 4.43. The maximum absolute atomic E-state index is 11.5. The summed E-state index contributed by atoms with van der Waals surface area (Å²) in [5.74, 6) is -0.0997.